The fourth-order valence-corrected chi connectivity index (χ4v) is 6.04. The molecule has 0 saturated heterocycles. The standard InChI is InChI=1S/C33H26N.C11H20O2.Ir/c1-20-16-21(2)18-26(17-20)33-31-13-12-28-27-10-9-25(32-22(3)6-5-7-23(32)4)19-24(27)8-11-29(28)30(31)14-15-34-33;1-10(2,3)8(12)7-9(13)11(4,5)6;/h5-17,19H,1-4H3;7,12H,1-6H3;/q-1;;/p+1/b;8-7-;. The number of fused-ring (bicyclic) bond motifs is 5. The molecule has 3 nitrogen and oxygen atoms in total. The van der Waals surface area contributed by atoms with Gasteiger partial charge in [0.15, 0.2) is 0 Å². The number of aliphatic hydroxyl groups excluding tert-OH is 1. The first-order valence-electron chi connectivity index (χ1n) is 16.3. The second kappa shape index (κ2) is 14.2. The van der Waals surface area contributed by atoms with Crippen LogP contribution in [-0.2, 0) is 20.1 Å². The Labute approximate surface area is 299 Å². The number of carbonyl (C=O) groups excluding carboxylic acids is 1. The smallest absolute Gasteiger partial charge is 0.325 e. The average Bonchev–Trinajstić information content (AvgIpc) is 2.99. The number of benzene rings is 5. The molecule has 0 fully saturated rings. The van der Waals surface area contributed by atoms with Crippen LogP contribution in [0.2, 0.25) is 0 Å². The molecule has 249 valence electrons. The summed E-state index contributed by atoms with van der Waals surface area (Å²) in [5.74, 6) is 0.417. The first kappa shape index (κ1) is 36.7. The molecule has 0 atom stereocenters. The van der Waals surface area contributed by atoms with Crippen molar-refractivity contribution in [1.82, 2.24) is 4.98 Å². The molecular weight excluding hydrogens is 767 g/mol. The Morgan fingerprint density at radius 2 is 1.29 bits per heavy atom. The number of ketones is 1. The van der Waals surface area contributed by atoms with E-state index in [1.807, 2.05) is 47.7 Å². The minimum atomic E-state index is -0.306. The Kier molecular flexibility index (Phi) is 10.8. The third-order valence-corrected chi connectivity index (χ3v) is 8.74. The maximum Gasteiger partial charge on any atom is 0.325 e. The van der Waals surface area contributed by atoms with Gasteiger partial charge in [-0.25, -0.2) is 0 Å². The van der Waals surface area contributed by atoms with E-state index in [-0.39, 0.29) is 42.5 Å². The van der Waals surface area contributed by atoms with Gasteiger partial charge >= 0.3 is 5.78 Å². The molecule has 1 heterocycles. The zero-order chi connectivity index (χ0) is 34.3. The van der Waals surface area contributed by atoms with E-state index >= 15 is 0 Å². The van der Waals surface area contributed by atoms with Crippen molar-refractivity contribution in [2.45, 2.75) is 69.2 Å². The van der Waals surface area contributed by atoms with Crippen molar-refractivity contribution < 1.29 is 30.0 Å². The molecule has 0 amide bonds. The Morgan fingerprint density at radius 3 is 1.92 bits per heavy atom. The number of nitrogens with zero attached hydrogens (tertiary/aromatic N) is 1. The fraction of sp³-hybridized carbons (Fsp3) is 0.273. The molecule has 4 heteroatoms. The van der Waals surface area contributed by atoms with E-state index in [4.69, 9.17) is 4.98 Å². The van der Waals surface area contributed by atoms with E-state index < -0.39 is 0 Å². The Morgan fingerprint density at radius 1 is 0.708 bits per heavy atom. The van der Waals surface area contributed by atoms with Crippen molar-refractivity contribution in [1.29, 1.82) is 0 Å². The van der Waals surface area contributed by atoms with Crippen LogP contribution in [0.1, 0.15) is 63.8 Å². The van der Waals surface area contributed by atoms with Gasteiger partial charge in [0.05, 0.1) is 11.5 Å². The van der Waals surface area contributed by atoms with Crippen LogP contribution in [-0.4, -0.2) is 20.7 Å². The minimum Gasteiger partial charge on any atom is -0.511 e. The van der Waals surface area contributed by atoms with Gasteiger partial charge in [-0.1, -0.05) is 89.2 Å². The number of aromatic nitrogens is 1. The van der Waals surface area contributed by atoms with Crippen molar-refractivity contribution in [3.8, 4) is 22.4 Å². The Hall–Kier alpha value is -4.11. The summed E-state index contributed by atoms with van der Waals surface area (Å²) in [6.07, 6.45) is 3.37. The number of aliphatic hydroxyl groups is 1. The molecule has 0 aliphatic carbocycles. The van der Waals surface area contributed by atoms with Crippen molar-refractivity contribution in [3.63, 3.8) is 0 Å². The first-order chi connectivity index (χ1) is 22.0. The molecule has 1 aromatic heterocycles. The van der Waals surface area contributed by atoms with Gasteiger partial charge in [-0.3, -0.25) is 4.79 Å². The zero-order valence-corrected chi connectivity index (χ0v) is 32.2. The molecule has 5 aromatic carbocycles. The van der Waals surface area contributed by atoms with E-state index in [1.165, 1.54) is 66.2 Å². The van der Waals surface area contributed by atoms with Crippen LogP contribution in [0.5, 0.6) is 0 Å². The molecule has 0 bridgehead atoms. The molecule has 0 spiro atoms. The van der Waals surface area contributed by atoms with Gasteiger partial charge in [-0.2, -0.15) is 0 Å². The number of rotatable bonds is 3. The van der Waals surface area contributed by atoms with Crippen LogP contribution in [0, 0.1) is 44.6 Å². The summed E-state index contributed by atoms with van der Waals surface area (Å²) in [6.45, 7) is 20.0. The summed E-state index contributed by atoms with van der Waals surface area (Å²) >= 11 is 0. The van der Waals surface area contributed by atoms with Gasteiger partial charge in [0.25, 0.3) is 0 Å². The normalized spacial score (nSPS) is 12.1. The second-order valence-electron chi connectivity index (χ2n) is 14.9. The number of hydrogen-bond donors (Lipinski definition) is 1. The maximum absolute atomic E-state index is 9.60. The summed E-state index contributed by atoms with van der Waals surface area (Å²) in [5.41, 5.74) is 9.06. The predicted octanol–water partition coefficient (Wildman–Crippen LogP) is 12.0. The van der Waals surface area contributed by atoms with Crippen LogP contribution < -0.4 is 0 Å². The van der Waals surface area contributed by atoms with E-state index in [2.05, 4.69) is 113 Å². The van der Waals surface area contributed by atoms with Gasteiger partial charge in [0, 0.05) is 31.7 Å². The molecule has 48 heavy (non-hydrogen) atoms. The predicted molar refractivity (Wildman–Crippen MR) is 202 cm³/mol. The average molecular weight is 814 g/mol. The molecular formula is C44H47IrNO2. The molecule has 0 aliphatic heterocycles. The van der Waals surface area contributed by atoms with Gasteiger partial charge < -0.3 is 10.1 Å². The van der Waals surface area contributed by atoms with Gasteiger partial charge in [-0.05, 0) is 107 Å². The molecule has 0 saturated carbocycles. The molecule has 0 aliphatic rings. The van der Waals surface area contributed by atoms with Gasteiger partial charge in [-0.15, -0.1) is 34.9 Å². The number of aryl methyl sites for hydroxylation is 4. The van der Waals surface area contributed by atoms with Gasteiger partial charge in [0.1, 0.15) is 5.76 Å². The summed E-state index contributed by atoms with van der Waals surface area (Å²) in [7, 11) is 0. The van der Waals surface area contributed by atoms with E-state index in [1.54, 1.807) is 0 Å². The monoisotopic (exact) mass is 814 g/mol. The second-order valence-corrected chi connectivity index (χ2v) is 14.9. The summed E-state index contributed by atoms with van der Waals surface area (Å²) in [5, 5.41) is 17.1. The SMILES string of the molecule is CC(C)(C)C(=[OH+])/C=C(\O)C(C)(C)C.Cc1[c-]c(-c2nccc3c2ccc2c4ccc(-c5c(C)cccc5C)cc4ccc32)cc(C)c1.[Ir]. The molecule has 1 radical (unpaired) electrons. The minimum absolute atomic E-state index is 0. The molecule has 0 unspecified atom stereocenters. The van der Waals surface area contributed by atoms with Crippen LogP contribution in [0.4, 0.5) is 0 Å². The van der Waals surface area contributed by atoms with Crippen LogP contribution >= 0.6 is 0 Å². The van der Waals surface area contributed by atoms with Gasteiger partial charge in [0.2, 0.25) is 0 Å². The van der Waals surface area contributed by atoms with Crippen molar-refractivity contribution >= 4 is 38.1 Å². The van der Waals surface area contributed by atoms with E-state index in [0.29, 0.717) is 0 Å². The third-order valence-electron chi connectivity index (χ3n) is 8.74. The number of pyridine rings is 1. The Bertz CT molecular complexity index is 2140. The largest absolute Gasteiger partial charge is 0.511 e. The maximum atomic E-state index is 9.60. The number of allylic oxidation sites excluding steroid dienone is 2. The summed E-state index contributed by atoms with van der Waals surface area (Å²) in [4.78, 5) is 14.4. The summed E-state index contributed by atoms with van der Waals surface area (Å²) in [6, 6.07) is 32.4. The van der Waals surface area contributed by atoms with Crippen molar-refractivity contribution in [2.24, 2.45) is 10.8 Å². The fourth-order valence-electron chi connectivity index (χ4n) is 6.04. The molecule has 6 rings (SSSR count). The topological polar surface area (TPSA) is 54.5 Å². The van der Waals surface area contributed by atoms with Crippen LogP contribution in [0.3, 0.4) is 0 Å². The molecule has 2 N–H and O–H groups in total. The molecule has 6 aromatic rings. The van der Waals surface area contributed by atoms with Crippen LogP contribution in [0.25, 0.3) is 54.7 Å². The van der Waals surface area contributed by atoms with E-state index in [0.717, 1.165) is 16.8 Å². The third kappa shape index (κ3) is 7.78. The zero-order valence-electron chi connectivity index (χ0n) is 29.8. The summed E-state index contributed by atoms with van der Waals surface area (Å²) < 4.78 is 0. The first-order valence-corrected chi connectivity index (χ1v) is 16.3. The Balaban J connectivity index is 0.000000319. The quantitative estimate of drug-likeness (QED) is 0.0636. The number of hydrogen-bond acceptors (Lipinski definition) is 2. The van der Waals surface area contributed by atoms with Crippen LogP contribution in [0.15, 0.2) is 96.9 Å². The van der Waals surface area contributed by atoms with Crippen molar-refractivity contribution in [3.05, 3.63) is 125 Å². The van der Waals surface area contributed by atoms with Crippen molar-refractivity contribution in [2.75, 3.05) is 0 Å². The van der Waals surface area contributed by atoms with E-state index in [9.17, 15) is 9.90 Å².